The Morgan fingerprint density at radius 3 is 1.73 bits per heavy atom. The van der Waals surface area contributed by atoms with E-state index in [4.69, 9.17) is 20.9 Å². The molecule has 0 spiro atoms. The summed E-state index contributed by atoms with van der Waals surface area (Å²) < 4.78 is 110. The van der Waals surface area contributed by atoms with Crippen molar-refractivity contribution in [2.45, 2.75) is 0 Å². The predicted molar refractivity (Wildman–Crippen MR) is 140 cm³/mol. The molecule has 0 fully saturated rings. The van der Waals surface area contributed by atoms with Crippen molar-refractivity contribution >= 4 is 43.5 Å². The molecule has 6 aromatic carbocycles. The smallest absolute Gasteiger partial charge is 0.136 e. The molecule has 7 rings (SSSR count). The van der Waals surface area contributed by atoms with E-state index in [0.29, 0.717) is 5.56 Å². The summed E-state index contributed by atoms with van der Waals surface area (Å²) >= 11 is 0. The van der Waals surface area contributed by atoms with Crippen molar-refractivity contribution < 1.29 is 20.9 Å². The lowest BCUT2D eigenvalue weighted by Crippen LogP contribution is -1.91. The fourth-order valence-electron chi connectivity index (χ4n) is 4.53. The molecular formula is C32H20O. The Kier molecular flexibility index (Phi) is 2.16. The van der Waals surface area contributed by atoms with E-state index in [1.807, 2.05) is 0 Å². The molecule has 33 heavy (non-hydrogen) atoms. The van der Waals surface area contributed by atoms with E-state index in [9.17, 15) is 0 Å². The SMILES string of the molecule is [2H]c1c([2H])c([2H])c2c(oc3cccc(-c4c5c([2H])c([2H])c([2H])c([2H])c5c(-c5ccccc5)c5c([2H])c([2H])c([2H])c([2H])c45)c32)c1[2H]. The second-order valence-electron chi connectivity index (χ2n) is 7.60. The van der Waals surface area contributed by atoms with Gasteiger partial charge < -0.3 is 4.42 Å². The molecule has 0 saturated heterocycles. The van der Waals surface area contributed by atoms with E-state index >= 15 is 0 Å². The van der Waals surface area contributed by atoms with Crippen LogP contribution in [0.4, 0.5) is 0 Å². The van der Waals surface area contributed by atoms with E-state index in [1.54, 1.807) is 48.5 Å². The number of hydrogen-bond donors (Lipinski definition) is 0. The van der Waals surface area contributed by atoms with Crippen molar-refractivity contribution in [3.05, 3.63) is 121 Å². The van der Waals surface area contributed by atoms with Crippen LogP contribution >= 0.6 is 0 Å². The molecule has 1 aromatic heterocycles. The molecule has 7 aromatic rings. The summed E-state index contributed by atoms with van der Waals surface area (Å²) in [7, 11) is 0. The first-order chi connectivity index (χ1) is 21.4. The first-order valence-electron chi connectivity index (χ1n) is 16.3. The molecule has 0 bridgehead atoms. The molecule has 0 aliphatic rings. The third-order valence-corrected chi connectivity index (χ3v) is 5.85. The minimum absolute atomic E-state index is 0.0000647. The second-order valence-corrected chi connectivity index (χ2v) is 7.60. The highest BCUT2D eigenvalue weighted by atomic mass is 16.3. The van der Waals surface area contributed by atoms with E-state index < -0.39 is 66.5 Å². The molecule has 0 amide bonds. The van der Waals surface area contributed by atoms with Crippen LogP contribution in [0.25, 0.3) is 65.7 Å². The van der Waals surface area contributed by atoms with Gasteiger partial charge in [-0.15, -0.1) is 0 Å². The Morgan fingerprint density at radius 2 is 1.06 bits per heavy atom. The van der Waals surface area contributed by atoms with E-state index in [1.165, 1.54) is 0 Å². The van der Waals surface area contributed by atoms with E-state index in [0.717, 1.165) is 0 Å². The van der Waals surface area contributed by atoms with Gasteiger partial charge in [-0.25, -0.2) is 0 Å². The Bertz CT molecular complexity index is 2370. The third kappa shape index (κ3) is 2.66. The highest BCUT2D eigenvalue weighted by Gasteiger charge is 2.19. The molecule has 0 atom stereocenters. The van der Waals surface area contributed by atoms with Crippen LogP contribution in [0, 0.1) is 0 Å². The summed E-state index contributed by atoms with van der Waals surface area (Å²) in [6, 6.07) is 7.85. The topological polar surface area (TPSA) is 13.1 Å². The summed E-state index contributed by atoms with van der Waals surface area (Å²) in [5.74, 6) is 0. The van der Waals surface area contributed by atoms with Crippen molar-refractivity contribution in [1.29, 1.82) is 0 Å². The standard InChI is InChI=1S/C32H20O/c1-2-11-21(12-3-1)30-22-13-4-6-15-24(22)31(25-16-7-5-14-23(25)30)27-18-10-20-29-32(27)26-17-8-9-19-28(26)33-29/h1-20H/i4D,5D,6D,7D,8D,9D,13D,14D,15D,16D,17D,19D. The second kappa shape index (κ2) is 7.08. The zero-order valence-corrected chi connectivity index (χ0v) is 17.0. The number of fused-ring (bicyclic) bond motifs is 5. The lowest BCUT2D eigenvalue weighted by Gasteiger charge is -2.18. The van der Waals surface area contributed by atoms with Gasteiger partial charge in [0, 0.05) is 10.8 Å². The first kappa shape index (κ1) is 10.1. The van der Waals surface area contributed by atoms with Crippen LogP contribution in [0.2, 0.25) is 0 Å². The molecular weight excluding hydrogens is 400 g/mol. The largest absolute Gasteiger partial charge is 0.456 e. The average molecular weight is 433 g/mol. The van der Waals surface area contributed by atoms with Crippen molar-refractivity contribution in [3.63, 3.8) is 0 Å². The number of para-hydroxylation sites is 1. The highest BCUT2D eigenvalue weighted by molar-refractivity contribution is 6.25. The minimum atomic E-state index is -0.543. The Labute approximate surface area is 208 Å². The number of furan rings is 1. The normalized spacial score (nSPS) is 16.7. The van der Waals surface area contributed by atoms with E-state index in [2.05, 4.69) is 0 Å². The Hall–Kier alpha value is -4.36. The summed E-state index contributed by atoms with van der Waals surface area (Å²) in [5.41, 5.74) is 1.05. The van der Waals surface area contributed by atoms with Crippen LogP contribution in [0.1, 0.15) is 16.4 Å². The Balaban J connectivity index is 1.88. The van der Waals surface area contributed by atoms with Crippen LogP contribution in [-0.2, 0) is 0 Å². The molecule has 154 valence electrons. The summed E-state index contributed by atoms with van der Waals surface area (Å²) in [6.45, 7) is 0. The molecule has 0 radical (unpaired) electrons. The van der Waals surface area contributed by atoms with Crippen molar-refractivity contribution in [2.24, 2.45) is 0 Å². The van der Waals surface area contributed by atoms with Gasteiger partial charge in [0.05, 0.1) is 16.4 Å². The molecule has 0 unspecified atom stereocenters. The van der Waals surface area contributed by atoms with Gasteiger partial charge in [0.2, 0.25) is 0 Å². The fraction of sp³-hybridized carbons (Fsp3) is 0. The van der Waals surface area contributed by atoms with Gasteiger partial charge in [-0.05, 0) is 55.9 Å². The number of rotatable bonds is 2. The maximum Gasteiger partial charge on any atom is 0.136 e. The maximum atomic E-state index is 9.11. The molecule has 1 heterocycles. The minimum Gasteiger partial charge on any atom is -0.456 e. The molecule has 1 heteroatoms. The van der Waals surface area contributed by atoms with Gasteiger partial charge in [-0.2, -0.15) is 0 Å². The average Bonchev–Trinajstić information content (AvgIpc) is 3.45. The van der Waals surface area contributed by atoms with Gasteiger partial charge in [-0.3, -0.25) is 0 Å². The predicted octanol–water partition coefficient (Wildman–Crippen LogP) is 9.23. The summed E-state index contributed by atoms with van der Waals surface area (Å²) in [6.07, 6.45) is 0. The summed E-state index contributed by atoms with van der Waals surface area (Å²) in [4.78, 5) is 0. The fourth-order valence-corrected chi connectivity index (χ4v) is 4.53. The molecule has 0 N–H and O–H groups in total. The number of benzene rings is 6. The van der Waals surface area contributed by atoms with E-state index in [-0.39, 0.29) is 66.2 Å². The van der Waals surface area contributed by atoms with Crippen LogP contribution in [0.3, 0.4) is 0 Å². The van der Waals surface area contributed by atoms with Gasteiger partial charge >= 0.3 is 0 Å². The highest BCUT2D eigenvalue weighted by Crippen LogP contribution is 2.46. The third-order valence-electron chi connectivity index (χ3n) is 5.85. The van der Waals surface area contributed by atoms with Crippen molar-refractivity contribution in [2.75, 3.05) is 0 Å². The van der Waals surface area contributed by atoms with Crippen LogP contribution in [0.15, 0.2) is 125 Å². The summed E-state index contributed by atoms with van der Waals surface area (Å²) in [5, 5.41) is 0.356. The quantitative estimate of drug-likeness (QED) is 0.248. The lowest BCUT2D eigenvalue weighted by atomic mass is 9.85. The van der Waals surface area contributed by atoms with Gasteiger partial charge in [-0.1, -0.05) is 109 Å². The molecule has 0 aliphatic heterocycles. The van der Waals surface area contributed by atoms with Gasteiger partial charge in [0.25, 0.3) is 0 Å². The zero-order valence-electron chi connectivity index (χ0n) is 29.0. The molecule has 0 aliphatic carbocycles. The van der Waals surface area contributed by atoms with Gasteiger partial charge in [0.1, 0.15) is 11.2 Å². The van der Waals surface area contributed by atoms with Crippen LogP contribution < -0.4 is 0 Å². The van der Waals surface area contributed by atoms with Crippen molar-refractivity contribution in [3.8, 4) is 22.3 Å². The lowest BCUT2D eigenvalue weighted by molar-refractivity contribution is 0.669. The van der Waals surface area contributed by atoms with Crippen LogP contribution in [-0.4, -0.2) is 0 Å². The first-order valence-corrected chi connectivity index (χ1v) is 10.3. The van der Waals surface area contributed by atoms with Gasteiger partial charge in [0.15, 0.2) is 0 Å². The monoisotopic (exact) mass is 432 g/mol. The van der Waals surface area contributed by atoms with Crippen molar-refractivity contribution in [1.82, 2.24) is 0 Å². The zero-order chi connectivity index (χ0) is 32.2. The number of hydrogen-bond acceptors (Lipinski definition) is 1. The maximum absolute atomic E-state index is 9.11. The molecule has 1 nitrogen and oxygen atoms in total. The Morgan fingerprint density at radius 1 is 0.485 bits per heavy atom. The molecule has 0 saturated carbocycles. The van der Waals surface area contributed by atoms with Crippen LogP contribution in [0.5, 0.6) is 0 Å².